The van der Waals surface area contributed by atoms with Crippen LogP contribution in [0.3, 0.4) is 0 Å². The second-order valence-electron chi connectivity index (χ2n) is 2.64. The van der Waals surface area contributed by atoms with E-state index < -0.39 is 5.97 Å². The van der Waals surface area contributed by atoms with Crippen molar-refractivity contribution >= 4 is 12.0 Å². The minimum atomic E-state index is -0.407. The van der Waals surface area contributed by atoms with Crippen LogP contribution in [0.2, 0.25) is 0 Å². The van der Waals surface area contributed by atoms with Gasteiger partial charge >= 0.3 is 5.97 Å². The van der Waals surface area contributed by atoms with Gasteiger partial charge in [-0.3, -0.25) is 0 Å². The van der Waals surface area contributed by atoms with Crippen molar-refractivity contribution in [2.45, 2.75) is 6.92 Å². The number of phenols is 1. The molecule has 0 bridgehead atoms. The Bertz CT molecular complexity index is 342. The summed E-state index contributed by atoms with van der Waals surface area (Å²) < 4.78 is 4.70. The van der Waals surface area contributed by atoms with Gasteiger partial charge in [0.2, 0.25) is 0 Å². The summed E-state index contributed by atoms with van der Waals surface area (Å²) in [4.78, 5) is 10.9. The molecule has 0 atom stereocenters. The van der Waals surface area contributed by atoms with Crippen molar-refractivity contribution < 1.29 is 14.6 Å². The fraction of sp³-hybridized carbons (Fsp3) is 0.182. The van der Waals surface area contributed by atoms with Gasteiger partial charge in [0.15, 0.2) is 0 Å². The summed E-state index contributed by atoms with van der Waals surface area (Å²) in [6, 6.07) is 6.78. The van der Waals surface area contributed by atoms with E-state index in [1.54, 1.807) is 31.2 Å². The molecule has 3 nitrogen and oxygen atoms in total. The Hall–Kier alpha value is -1.77. The van der Waals surface area contributed by atoms with Gasteiger partial charge in [-0.1, -0.05) is 18.2 Å². The Morgan fingerprint density at radius 2 is 2.21 bits per heavy atom. The molecule has 0 unspecified atom stereocenters. The standard InChI is InChI=1S/C11H12O3/c1-2-14-11(13)8-7-9-5-3-4-6-10(9)12/h3-8,12H,2H2,1H3. The summed E-state index contributed by atoms with van der Waals surface area (Å²) in [7, 11) is 0. The first-order chi connectivity index (χ1) is 6.74. The predicted molar refractivity (Wildman–Crippen MR) is 53.8 cm³/mol. The maximum absolute atomic E-state index is 10.9. The molecule has 3 heteroatoms. The topological polar surface area (TPSA) is 46.5 Å². The Morgan fingerprint density at radius 3 is 2.86 bits per heavy atom. The molecule has 0 heterocycles. The highest BCUT2D eigenvalue weighted by atomic mass is 16.5. The molecule has 0 aliphatic heterocycles. The third kappa shape index (κ3) is 2.94. The number of hydrogen-bond acceptors (Lipinski definition) is 3. The van der Waals surface area contributed by atoms with Gasteiger partial charge in [0.05, 0.1) is 6.61 Å². The van der Waals surface area contributed by atoms with Crippen LogP contribution in [0.1, 0.15) is 12.5 Å². The van der Waals surface area contributed by atoms with Crippen LogP contribution in [-0.2, 0) is 9.53 Å². The first-order valence-corrected chi connectivity index (χ1v) is 4.37. The number of phenolic OH excluding ortho intramolecular Hbond substituents is 1. The number of benzene rings is 1. The van der Waals surface area contributed by atoms with Gasteiger partial charge in [0.25, 0.3) is 0 Å². The van der Waals surface area contributed by atoms with E-state index in [1.165, 1.54) is 12.2 Å². The monoisotopic (exact) mass is 192 g/mol. The Labute approximate surface area is 82.6 Å². The van der Waals surface area contributed by atoms with Crippen molar-refractivity contribution in [1.29, 1.82) is 0 Å². The average molecular weight is 192 g/mol. The summed E-state index contributed by atoms with van der Waals surface area (Å²) in [5.41, 5.74) is 0.598. The van der Waals surface area contributed by atoms with E-state index in [2.05, 4.69) is 0 Å². The molecular weight excluding hydrogens is 180 g/mol. The zero-order valence-corrected chi connectivity index (χ0v) is 7.93. The first kappa shape index (κ1) is 10.3. The van der Waals surface area contributed by atoms with Crippen molar-refractivity contribution in [2.75, 3.05) is 6.61 Å². The second-order valence-corrected chi connectivity index (χ2v) is 2.64. The predicted octanol–water partition coefficient (Wildman–Crippen LogP) is 1.97. The van der Waals surface area contributed by atoms with Gasteiger partial charge in [-0.05, 0) is 19.1 Å². The minimum absolute atomic E-state index is 0.146. The molecule has 0 fully saturated rings. The average Bonchev–Trinajstić information content (AvgIpc) is 2.17. The van der Waals surface area contributed by atoms with E-state index in [0.717, 1.165) is 0 Å². The summed E-state index contributed by atoms with van der Waals surface area (Å²) in [5, 5.41) is 9.35. The maximum atomic E-state index is 10.9. The molecule has 0 radical (unpaired) electrons. The zero-order chi connectivity index (χ0) is 10.4. The van der Waals surface area contributed by atoms with E-state index in [-0.39, 0.29) is 5.75 Å². The second kappa shape index (κ2) is 5.07. The molecule has 74 valence electrons. The molecule has 0 aliphatic rings. The molecule has 1 rings (SSSR count). The highest BCUT2D eigenvalue weighted by molar-refractivity contribution is 5.87. The molecule has 0 aliphatic carbocycles. The molecular formula is C11H12O3. The number of para-hydroxylation sites is 1. The van der Waals surface area contributed by atoms with Crippen LogP contribution in [-0.4, -0.2) is 17.7 Å². The Morgan fingerprint density at radius 1 is 1.50 bits per heavy atom. The SMILES string of the molecule is CCOC(=O)C=Cc1ccccc1O. The zero-order valence-electron chi connectivity index (χ0n) is 7.93. The van der Waals surface area contributed by atoms with E-state index in [4.69, 9.17) is 4.74 Å². The number of esters is 1. The molecule has 0 amide bonds. The molecule has 1 aromatic rings. The lowest BCUT2D eigenvalue weighted by Crippen LogP contribution is -1.98. The maximum Gasteiger partial charge on any atom is 0.330 e. The molecule has 1 N–H and O–H groups in total. The van der Waals surface area contributed by atoms with Gasteiger partial charge in [0.1, 0.15) is 5.75 Å². The lowest BCUT2D eigenvalue weighted by molar-refractivity contribution is -0.137. The molecule has 0 saturated heterocycles. The van der Waals surface area contributed by atoms with Crippen LogP contribution in [0.15, 0.2) is 30.3 Å². The first-order valence-electron chi connectivity index (χ1n) is 4.37. The summed E-state index contributed by atoms with van der Waals surface area (Å²) in [6.45, 7) is 2.09. The van der Waals surface area contributed by atoms with Crippen molar-refractivity contribution in [3.8, 4) is 5.75 Å². The van der Waals surface area contributed by atoms with E-state index in [1.807, 2.05) is 0 Å². The summed E-state index contributed by atoms with van der Waals surface area (Å²) in [5.74, 6) is -0.260. The van der Waals surface area contributed by atoms with Crippen LogP contribution in [0.25, 0.3) is 6.08 Å². The summed E-state index contributed by atoms with van der Waals surface area (Å²) >= 11 is 0. The van der Waals surface area contributed by atoms with Gasteiger partial charge in [-0.15, -0.1) is 0 Å². The number of aromatic hydroxyl groups is 1. The third-order valence-electron chi connectivity index (χ3n) is 1.62. The van der Waals surface area contributed by atoms with Gasteiger partial charge < -0.3 is 9.84 Å². The van der Waals surface area contributed by atoms with Crippen molar-refractivity contribution in [2.24, 2.45) is 0 Å². The highest BCUT2D eigenvalue weighted by Crippen LogP contribution is 2.16. The third-order valence-corrected chi connectivity index (χ3v) is 1.62. The van der Waals surface area contributed by atoms with Crippen LogP contribution >= 0.6 is 0 Å². The molecule has 1 aromatic carbocycles. The fourth-order valence-corrected chi connectivity index (χ4v) is 0.977. The smallest absolute Gasteiger partial charge is 0.330 e. The van der Waals surface area contributed by atoms with Gasteiger partial charge in [-0.25, -0.2) is 4.79 Å². The van der Waals surface area contributed by atoms with Crippen LogP contribution in [0.5, 0.6) is 5.75 Å². The van der Waals surface area contributed by atoms with E-state index in [9.17, 15) is 9.90 Å². The normalized spacial score (nSPS) is 10.4. The Kier molecular flexibility index (Phi) is 3.73. The van der Waals surface area contributed by atoms with Gasteiger partial charge in [-0.2, -0.15) is 0 Å². The lowest BCUT2D eigenvalue weighted by atomic mass is 10.2. The molecule has 14 heavy (non-hydrogen) atoms. The number of ether oxygens (including phenoxy) is 1. The molecule has 0 aromatic heterocycles. The minimum Gasteiger partial charge on any atom is -0.507 e. The molecule has 0 spiro atoms. The largest absolute Gasteiger partial charge is 0.507 e. The van der Waals surface area contributed by atoms with Crippen molar-refractivity contribution in [3.05, 3.63) is 35.9 Å². The quantitative estimate of drug-likeness (QED) is 0.588. The van der Waals surface area contributed by atoms with Crippen molar-refractivity contribution in [3.63, 3.8) is 0 Å². The van der Waals surface area contributed by atoms with Crippen molar-refractivity contribution in [1.82, 2.24) is 0 Å². The lowest BCUT2D eigenvalue weighted by Gasteiger charge is -1.97. The number of rotatable bonds is 3. The summed E-state index contributed by atoms with van der Waals surface area (Å²) in [6.07, 6.45) is 2.81. The number of carbonyl (C=O) groups is 1. The van der Waals surface area contributed by atoms with Crippen LogP contribution in [0.4, 0.5) is 0 Å². The van der Waals surface area contributed by atoms with E-state index >= 15 is 0 Å². The number of carbonyl (C=O) groups excluding carboxylic acids is 1. The van der Waals surface area contributed by atoms with Crippen LogP contribution in [0, 0.1) is 0 Å². The van der Waals surface area contributed by atoms with Crippen LogP contribution < -0.4 is 0 Å². The number of hydrogen-bond donors (Lipinski definition) is 1. The van der Waals surface area contributed by atoms with Gasteiger partial charge in [0, 0.05) is 11.6 Å². The molecule has 0 saturated carbocycles. The van der Waals surface area contributed by atoms with E-state index in [0.29, 0.717) is 12.2 Å². The highest BCUT2D eigenvalue weighted by Gasteiger charge is 1.96. The Balaban J connectivity index is 2.69. The fourth-order valence-electron chi connectivity index (χ4n) is 0.977.